The molecule has 1 aliphatic rings. The first-order valence-electron chi connectivity index (χ1n) is 7.59. The van der Waals surface area contributed by atoms with Crippen LogP contribution in [0.2, 0.25) is 0 Å². The van der Waals surface area contributed by atoms with Crippen LogP contribution >= 0.6 is 0 Å². The molecular weight excluding hydrogens is 268 g/mol. The molecule has 5 heteroatoms. The number of hydrogen-bond donors (Lipinski definition) is 0. The number of amides is 1. The van der Waals surface area contributed by atoms with Gasteiger partial charge in [-0.05, 0) is 25.0 Å². The van der Waals surface area contributed by atoms with Crippen LogP contribution in [0, 0.1) is 0 Å². The summed E-state index contributed by atoms with van der Waals surface area (Å²) in [5, 5.41) is 3.91. The fraction of sp³-hybridized carbons (Fsp3) is 0.500. The number of aromatic nitrogens is 1. The maximum atomic E-state index is 12.7. The zero-order chi connectivity index (χ0) is 14.7. The van der Waals surface area contributed by atoms with Crippen LogP contribution in [0.15, 0.2) is 33.4 Å². The molecule has 0 aliphatic carbocycles. The van der Waals surface area contributed by atoms with Crippen molar-refractivity contribution in [2.24, 2.45) is 0 Å². The molecule has 1 fully saturated rings. The third-order valence-corrected chi connectivity index (χ3v) is 4.01. The van der Waals surface area contributed by atoms with E-state index >= 15 is 0 Å². The first-order valence-corrected chi connectivity index (χ1v) is 7.59. The highest BCUT2D eigenvalue weighted by molar-refractivity contribution is 5.92. The lowest BCUT2D eigenvalue weighted by molar-refractivity contribution is 0.0648. The summed E-state index contributed by atoms with van der Waals surface area (Å²) in [6, 6.07) is 5.55. The molecule has 1 amide bonds. The number of aryl methyl sites for hydroxylation is 1. The molecule has 0 unspecified atom stereocenters. The molecule has 1 saturated heterocycles. The number of carbonyl (C=O) groups is 1. The van der Waals surface area contributed by atoms with Gasteiger partial charge in [0.1, 0.15) is 11.5 Å². The van der Waals surface area contributed by atoms with Gasteiger partial charge in [0.15, 0.2) is 5.69 Å². The lowest BCUT2D eigenvalue weighted by atomic mass is 10.1. The van der Waals surface area contributed by atoms with Crippen molar-refractivity contribution in [2.75, 3.05) is 6.54 Å². The number of hydrogen-bond acceptors (Lipinski definition) is 4. The molecule has 2 aromatic heterocycles. The van der Waals surface area contributed by atoms with Crippen LogP contribution in [0.1, 0.15) is 60.7 Å². The van der Waals surface area contributed by atoms with E-state index < -0.39 is 0 Å². The van der Waals surface area contributed by atoms with Crippen LogP contribution in [0.25, 0.3) is 0 Å². The number of likely N-dealkylation sites (tertiary alicyclic amines) is 1. The van der Waals surface area contributed by atoms with Gasteiger partial charge in [-0.2, -0.15) is 0 Å². The Labute approximate surface area is 123 Å². The van der Waals surface area contributed by atoms with Crippen LogP contribution in [0.4, 0.5) is 0 Å². The van der Waals surface area contributed by atoms with Gasteiger partial charge in [-0.3, -0.25) is 4.79 Å². The Morgan fingerprint density at radius 1 is 1.43 bits per heavy atom. The number of nitrogens with zero attached hydrogens (tertiary/aromatic N) is 2. The minimum atomic E-state index is -0.0678. The second-order valence-corrected chi connectivity index (χ2v) is 5.41. The molecule has 112 valence electrons. The van der Waals surface area contributed by atoms with Gasteiger partial charge in [-0.15, -0.1) is 0 Å². The monoisotopic (exact) mass is 288 g/mol. The minimum Gasteiger partial charge on any atom is -0.467 e. The predicted molar refractivity (Wildman–Crippen MR) is 76.8 cm³/mol. The molecule has 3 heterocycles. The Morgan fingerprint density at radius 3 is 3.05 bits per heavy atom. The van der Waals surface area contributed by atoms with Gasteiger partial charge in [0.2, 0.25) is 0 Å². The smallest absolute Gasteiger partial charge is 0.276 e. The summed E-state index contributed by atoms with van der Waals surface area (Å²) in [5.74, 6) is 1.52. The van der Waals surface area contributed by atoms with E-state index in [9.17, 15) is 4.79 Å². The molecule has 1 aliphatic heterocycles. The van der Waals surface area contributed by atoms with E-state index in [1.54, 1.807) is 12.3 Å². The van der Waals surface area contributed by atoms with Crippen LogP contribution in [-0.2, 0) is 6.42 Å². The van der Waals surface area contributed by atoms with Crippen molar-refractivity contribution in [1.29, 1.82) is 0 Å². The third kappa shape index (κ3) is 2.86. The van der Waals surface area contributed by atoms with E-state index in [0.29, 0.717) is 5.69 Å². The Hall–Kier alpha value is -2.04. The summed E-state index contributed by atoms with van der Waals surface area (Å²) in [5.41, 5.74) is 0.394. The number of furan rings is 1. The highest BCUT2D eigenvalue weighted by Gasteiger charge is 2.30. The summed E-state index contributed by atoms with van der Waals surface area (Å²) in [4.78, 5) is 14.6. The maximum absolute atomic E-state index is 12.7. The van der Waals surface area contributed by atoms with Gasteiger partial charge in [-0.1, -0.05) is 24.9 Å². The second-order valence-electron chi connectivity index (χ2n) is 5.41. The number of carbonyl (C=O) groups excluding carboxylic acids is 1. The minimum absolute atomic E-state index is 0.00298. The molecule has 2 aromatic rings. The average Bonchev–Trinajstić information content (AvgIpc) is 3.14. The van der Waals surface area contributed by atoms with E-state index in [0.717, 1.165) is 50.2 Å². The van der Waals surface area contributed by atoms with Gasteiger partial charge in [0.05, 0.1) is 12.3 Å². The van der Waals surface area contributed by atoms with Crippen molar-refractivity contribution in [3.63, 3.8) is 0 Å². The Kier molecular flexibility index (Phi) is 4.08. The zero-order valence-electron chi connectivity index (χ0n) is 12.2. The summed E-state index contributed by atoms with van der Waals surface area (Å²) in [7, 11) is 0. The summed E-state index contributed by atoms with van der Waals surface area (Å²) in [6.45, 7) is 2.71. The standard InChI is InChI=1S/C16H20N2O3/c1-2-12-11-13(17-21-12)16(19)18-9-5-3-4-7-14(18)15-8-6-10-20-15/h6,8,10-11,14H,2-5,7,9H2,1H3/t14-/m1/s1. The van der Waals surface area contributed by atoms with Crippen molar-refractivity contribution in [2.45, 2.75) is 45.1 Å². The molecule has 0 saturated carbocycles. The molecule has 0 spiro atoms. The van der Waals surface area contributed by atoms with Crippen molar-refractivity contribution < 1.29 is 13.7 Å². The zero-order valence-corrected chi connectivity index (χ0v) is 12.2. The van der Waals surface area contributed by atoms with E-state index in [4.69, 9.17) is 8.94 Å². The molecule has 21 heavy (non-hydrogen) atoms. The van der Waals surface area contributed by atoms with Crippen molar-refractivity contribution in [1.82, 2.24) is 10.1 Å². The average molecular weight is 288 g/mol. The quantitative estimate of drug-likeness (QED) is 0.866. The predicted octanol–water partition coefficient (Wildman–Crippen LogP) is 3.59. The summed E-state index contributed by atoms with van der Waals surface area (Å²) < 4.78 is 10.7. The first kappa shape index (κ1) is 13.9. The van der Waals surface area contributed by atoms with E-state index in [2.05, 4.69) is 5.16 Å². The van der Waals surface area contributed by atoms with Crippen molar-refractivity contribution >= 4 is 5.91 Å². The first-order chi connectivity index (χ1) is 10.3. The third-order valence-electron chi connectivity index (χ3n) is 4.01. The number of rotatable bonds is 3. The SMILES string of the molecule is CCc1cc(C(=O)N2CCCCC[C@@H]2c2ccco2)no1. The van der Waals surface area contributed by atoms with Gasteiger partial charge >= 0.3 is 0 Å². The lowest BCUT2D eigenvalue weighted by Gasteiger charge is -2.27. The topological polar surface area (TPSA) is 59.5 Å². The normalized spacial score (nSPS) is 19.5. The molecule has 5 nitrogen and oxygen atoms in total. The van der Waals surface area contributed by atoms with Crippen molar-refractivity contribution in [3.8, 4) is 0 Å². The Morgan fingerprint density at radius 2 is 2.33 bits per heavy atom. The van der Waals surface area contributed by atoms with Crippen molar-refractivity contribution in [3.05, 3.63) is 41.7 Å². The van der Waals surface area contributed by atoms with Gasteiger partial charge < -0.3 is 13.8 Å². The van der Waals surface area contributed by atoms with E-state index in [-0.39, 0.29) is 11.9 Å². The Balaban J connectivity index is 1.86. The van der Waals surface area contributed by atoms with Gasteiger partial charge in [0.25, 0.3) is 5.91 Å². The highest BCUT2D eigenvalue weighted by atomic mass is 16.5. The molecule has 3 rings (SSSR count). The molecule has 0 N–H and O–H groups in total. The molecular formula is C16H20N2O3. The van der Waals surface area contributed by atoms with Gasteiger partial charge in [-0.25, -0.2) is 0 Å². The lowest BCUT2D eigenvalue weighted by Crippen LogP contribution is -2.34. The molecule has 1 atom stereocenters. The van der Waals surface area contributed by atoms with Gasteiger partial charge in [0, 0.05) is 19.0 Å². The van der Waals surface area contributed by atoms with E-state index in [1.165, 1.54) is 0 Å². The van der Waals surface area contributed by atoms with E-state index in [1.807, 2.05) is 24.0 Å². The summed E-state index contributed by atoms with van der Waals surface area (Å²) in [6.07, 6.45) is 6.59. The molecule has 0 bridgehead atoms. The largest absolute Gasteiger partial charge is 0.467 e. The van der Waals surface area contributed by atoms with Crippen LogP contribution in [0.3, 0.4) is 0 Å². The fourth-order valence-electron chi connectivity index (χ4n) is 2.86. The van der Waals surface area contributed by atoms with Crippen LogP contribution in [-0.4, -0.2) is 22.5 Å². The van der Waals surface area contributed by atoms with Crippen LogP contribution in [0.5, 0.6) is 0 Å². The fourth-order valence-corrected chi connectivity index (χ4v) is 2.86. The summed E-state index contributed by atoms with van der Waals surface area (Å²) >= 11 is 0. The maximum Gasteiger partial charge on any atom is 0.276 e. The molecule has 0 radical (unpaired) electrons. The second kappa shape index (κ2) is 6.16. The molecule has 0 aromatic carbocycles. The van der Waals surface area contributed by atoms with Crippen LogP contribution < -0.4 is 0 Å². The Bertz CT molecular complexity index is 588. The highest BCUT2D eigenvalue weighted by Crippen LogP contribution is 2.31.